The fourth-order valence-electron chi connectivity index (χ4n) is 3.89. The number of amides is 3. The number of fused-ring (bicyclic) bond motifs is 1. The van der Waals surface area contributed by atoms with Gasteiger partial charge >= 0.3 is 6.03 Å². The van der Waals surface area contributed by atoms with Gasteiger partial charge in [-0.3, -0.25) is 4.79 Å². The van der Waals surface area contributed by atoms with Crippen molar-refractivity contribution in [3.05, 3.63) is 63.7 Å². The second-order valence-corrected chi connectivity index (χ2v) is 7.41. The zero-order chi connectivity index (χ0) is 19.2. The van der Waals surface area contributed by atoms with Gasteiger partial charge in [0.2, 0.25) is 0 Å². The van der Waals surface area contributed by atoms with E-state index in [1.165, 1.54) is 12.1 Å². The first-order valence-corrected chi connectivity index (χ1v) is 9.16. The van der Waals surface area contributed by atoms with Crippen LogP contribution in [-0.2, 0) is 11.2 Å². The van der Waals surface area contributed by atoms with E-state index in [4.69, 9.17) is 29.8 Å². The van der Waals surface area contributed by atoms with Crippen LogP contribution in [0, 0.1) is 6.57 Å². The summed E-state index contributed by atoms with van der Waals surface area (Å²) in [5.74, 6) is -0.280. The van der Waals surface area contributed by atoms with Crippen molar-refractivity contribution in [2.75, 3.05) is 11.4 Å². The molecule has 1 aromatic carbocycles. The lowest BCUT2D eigenvalue weighted by Gasteiger charge is -2.28. The maximum Gasteiger partial charge on any atom is 0.332 e. The summed E-state index contributed by atoms with van der Waals surface area (Å²) in [7, 11) is 0. The zero-order valence-corrected chi connectivity index (χ0v) is 15.7. The Morgan fingerprint density at radius 2 is 1.81 bits per heavy atom. The molecule has 2 aliphatic heterocycles. The van der Waals surface area contributed by atoms with Gasteiger partial charge in [0.25, 0.3) is 5.91 Å². The Bertz CT molecular complexity index is 966. The summed E-state index contributed by atoms with van der Waals surface area (Å²) in [4.78, 5) is 36.4. The number of carbonyl (C=O) groups excluding carboxylic acids is 2. The summed E-state index contributed by atoms with van der Waals surface area (Å²) in [6, 6.07) is 9.67. The van der Waals surface area contributed by atoms with Crippen molar-refractivity contribution >= 4 is 46.5 Å². The van der Waals surface area contributed by atoms with Crippen molar-refractivity contribution in [2.24, 2.45) is 0 Å². The molecule has 2 fully saturated rings. The third kappa shape index (κ3) is 2.84. The van der Waals surface area contributed by atoms with Gasteiger partial charge in [0.05, 0.1) is 12.3 Å². The highest BCUT2D eigenvalue weighted by Crippen LogP contribution is 2.42. The van der Waals surface area contributed by atoms with Crippen LogP contribution in [-0.4, -0.2) is 33.9 Å². The molecule has 6 nitrogen and oxygen atoms in total. The van der Waals surface area contributed by atoms with Gasteiger partial charge in [-0.1, -0.05) is 47.5 Å². The number of pyridine rings is 1. The fourth-order valence-corrected chi connectivity index (χ4v) is 4.34. The molecule has 3 heterocycles. The maximum absolute atomic E-state index is 13.4. The standard InChI is InChI=1S/C19H14Cl2N4O2/c1-22-13-5-3-12(4-6-13)11-19-7-2-8-24(19)18(27)25(17(19)26)14-9-15(20)23-16(21)10-14/h3-6,9-10H,2,7-8,11H2. The lowest BCUT2D eigenvalue weighted by molar-refractivity contribution is -0.123. The van der Waals surface area contributed by atoms with Crippen molar-refractivity contribution in [2.45, 2.75) is 24.8 Å². The smallest absolute Gasteiger partial charge is 0.309 e. The summed E-state index contributed by atoms with van der Waals surface area (Å²) >= 11 is 11.9. The highest BCUT2D eigenvalue weighted by atomic mass is 35.5. The number of hydrogen-bond donors (Lipinski definition) is 0. The van der Waals surface area contributed by atoms with Crippen LogP contribution in [0.4, 0.5) is 16.2 Å². The quantitative estimate of drug-likeness (QED) is 0.433. The Kier molecular flexibility index (Phi) is 4.29. The van der Waals surface area contributed by atoms with Crippen molar-refractivity contribution in [1.29, 1.82) is 0 Å². The highest BCUT2D eigenvalue weighted by Gasteiger charge is 2.59. The summed E-state index contributed by atoms with van der Waals surface area (Å²) < 4.78 is 0. The first-order valence-electron chi connectivity index (χ1n) is 8.40. The number of anilines is 1. The molecule has 2 aromatic rings. The molecule has 1 aromatic heterocycles. The number of urea groups is 1. The van der Waals surface area contributed by atoms with Gasteiger partial charge in [0.15, 0.2) is 5.69 Å². The molecule has 27 heavy (non-hydrogen) atoms. The molecular weight excluding hydrogens is 387 g/mol. The largest absolute Gasteiger partial charge is 0.332 e. The fraction of sp³-hybridized carbons (Fsp3) is 0.263. The van der Waals surface area contributed by atoms with Gasteiger partial charge in [-0.2, -0.15) is 0 Å². The molecule has 0 N–H and O–H groups in total. The molecule has 0 bridgehead atoms. The maximum atomic E-state index is 13.4. The Morgan fingerprint density at radius 3 is 2.44 bits per heavy atom. The lowest BCUT2D eigenvalue weighted by Crippen LogP contribution is -2.47. The van der Waals surface area contributed by atoms with Gasteiger partial charge in [-0.05, 0) is 30.5 Å². The molecule has 0 radical (unpaired) electrons. The average Bonchev–Trinajstić information content (AvgIpc) is 3.13. The van der Waals surface area contributed by atoms with Crippen LogP contribution in [0.2, 0.25) is 10.3 Å². The van der Waals surface area contributed by atoms with Crippen LogP contribution in [0.15, 0.2) is 36.4 Å². The van der Waals surface area contributed by atoms with Crippen LogP contribution in [0.25, 0.3) is 4.85 Å². The van der Waals surface area contributed by atoms with Crippen molar-refractivity contribution in [1.82, 2.24) is 9.88 Å². The first-order chi connectivity index (χ1) is 12.9. The Hall–Kier alpha value is -2.62. The van der Waals surface area contributed by atoms with Crippen molar-refractivity contribution in [3.8, 4) is 0 Å². The third-order valence-electron chi connectivity index (χ3n) is 5.08. The molecule has 8 heteroatoms. The number of imide groups is 1. The van der Waals surface area contributed by atoms with Gasteiger partial charge < -0.3 is 4.90 Å². The lowest BCUT2D eigenvalue weighted by atomic mass is 9.88. The molecule has 2 saturated heterocycles. The SMILES string of the molecule is [C-]#[N+]c1ccc(CC23CCCN2C(=O)N(c2cc(Cl)nc(Cl)c2)C3=O)cc1. The van der Waals surface area contributed by atoms with Crippen LogP contribution in [0.3, 0.4) is 0 Å². The number of carbonyl (C=O) groups is 2. The van der Waals surface area contributed by atoms with Crippen LogP contribution in [0.5, 0.6) is 0 Å². The number of benzene rings is 1. The molecular formula is C19H14Cl2N4O2. The van der Waals surface area contributed by atoms with E-state index in [1.54, 1.807) is 17.0 Å². The monoisotopic (exact) mass is 400 g/mol. The average molecular weight is 401 g/mol. The second kappa shape index (κ2) is 6.52. The summed E-state index contributed by atoms with van der Waals surface area (Å²) in [5, 5.41) is 0.239. The van der Waals surface area contributed by atoms with Crippen LogP contribution >= 0.6 is 23.2 Å². The summed E-state index contributed by atoms with van der Waals surface area (Å²) in [6.45, 7) is 7.58. The molecule has 1 unspecified atom stereocenters. The zero-order valence-electron chi connectivity index (χ0n) is 14.2. The Balaban J connectivity index is 1.72. The highest BCUT2D eigenvalue weighted by molar-refractivity contribution is 6.33. The molecule has 0 saturated carbocycles. The summed E-state index contributed by atoms with van der Waals surface area (Å²) in [5.41, 5.74) is 0.852. The van der Waals surface area contributed by atoms with Gasteiger partial charge in [0.1, 0.15) is 15.8 Å². The Labute approximate surface area is 166 Å². The third-order valence-corrected chi connectivity index (χ3v) is 5.47. The molecule has 2 aliphatic rings. The minimum atomic E-state index is -0.918. The van der Waals surface area contributed by atoms with E-state index in [2.05, 4.69) is 9.83 Å². The van der Waals surface area contributed by atoms with Crippen molar-refractivity contribution in [3.63, 3.8) is 0 Å². The minimum absolute atomic E-state index is 0.119. The predicted octanol–water partition coefficient (Wildman–Crippen LogP) is 4.48. The van der Waals surface area contributed by atoms with E-state index in [0.717, 1.165) is 16.9 Å². The predicted molar refractivity (Wildman–Crippen MR) is 102 cm³/mol. The topological polar surface area (TPSA) is 57.9 Å². The van der Waals surface area contributed by atoms with E-state index in [1.807, 2.05) is 12.1 Å². The normalized spacial score (nSPS) is 21.5. The van der Waals surface area contributed by atoms with E-state index in [9.17, 15) is 9.59 Å². The van der Waals surface area contributed by atoms with Crippen molar-refractivity contribution < 1.29 is 9.59 Å². The molecule has 4 rings (SSSR count). The van der Waals surface area contributed by atoms with Gasteiger partial charge in [-0.25, -0.2) is 19.5 Å². The van der Waals surface area contributed by atoms with Gasteiger partial charge in [-0.15, -0.1) is 0 Å². The molecule has 0 aliphatic carbocycles. The number of halogens is 2. The molecule has 1 atom stereocenters. The summed E-state index contributed by atoms with van der Waals surface area (Å²) in [6.07, 6.45) is 1.76. The Morgan fingerprint density at radius 1 is 1.15 bits per heavy atom. The minimum Gasteiger partial charge on any atom is -0.309 e. The van der Waals surface area contributed by atoms with E-state index in [-0.39, 0.29) is 22.2 Å². The number of hydrogen-bond acceptors (Lipinski definition) is 3. The number of aromatic nitrogens is 1. The van der Waals surface area contributed by atoms with Crippen LogP contribution in [0.1, 0.15) is 18.4 Å². The van der Waals surface area contributed by atoms with E-state index >= 15 is 0 Å². The van der Waals surface area contributed by atoms with E-state index in [0.29, 0.717) is 30.8 Å². The number of nitrogens with zero attached hydrogens (tertiary/aromatic N) is 4. The first kappa shape index (κ1) is 17.8. The molecule has 0 spiro atoms. The molecule has 136 valence electrons. The number of rotatable bonds is 3. The van der Waals surface area contributed by atoms with Gasteiger partial charge in [0, 0.05) is 13.0 Å². The van der Waals surface area contributed by atoms with E-state index < -0.39 is 5.54 Å². The van der Waals surface area contributed by atoms with Crippen LogP contribution < -0.4 is 4.90 Å². The molecule has 3 amide bonds. The second-order valence-electron chi connectivity index (χ2n) is 6.64.